The zero-order valence-corrected chi connectivity index (χ0v) is 9.13. The Morgan fingerprint density at radius 3 is 2.62 bits per heavy atom. The minimum atomic E-state index is 0.977. The van der Waals surface area contributed by atoms with Crippen LogP contribution in [0.2, 0.25) is 0 Å². The summed E-state index contributed by atoms with van der Waals surface area (Å²) in [7, 11) is 0. The molecule has 1 heteroatoms. The maximum atomic E-state index is 2.74. The summed E-state index contributed by atoms with van der Waals surface area (Å²) in [4.78, 5) is 2.74. The maximum absolute atomic E-state index is 2.74. The van der Waals surface area contributed by atoms with Crippen LogP contribution < -0.4 is 0 Å². The second-order valence-electron chi connectivity index (χ2n) is 4.77. The summed E-state index contributed by atoms with van der Waals surface area (Å²) in [6.45, 7) is 7.52. The molecular weight excluding hydrogens is 158 g/mol. The Kier molecular flexibility index (Phi) is 2.92. The summed E-state index contributed by atoms with van der Waals surface area (Å²) >= 11 is 0. The van der Waals surface area contributed by atoms with Crippen molar-refractivity contribution in [3.8, 4) is 0 Å². The van der Waals surface area contributed by atoms with E-state index in [0.29, 0.717) is 0 Å². The Hall–Kier alpha value is -0.0400. The zero-order chi connectivity index (χ0) is 9.26. The molecule has 0 aromatic rings. The quantitative estimate of drug-likeness (QED) is 0.647. The van der Waals surface area contributed by atoms with Crippen LogP contribution in [0.5, 0.6) is 0 Å². The molecule has 13 heavy (non-hydrogen) atoms. The fourth-order valence-corrected chi connectivity index (χ4v) is 3.57. The molecule has 2 atom stereocenters. The fraction of sp³-hybridized carbons (Fsp3) is 1.00. The predicted molar refractivity (Wildman–Crippen MR) is 56.8 cm³/mol. The maximum Gasteiger partial charge on any atom is 0.0127 e. The van der Waals surface area contributed by atoms with Crippen LogP contribution in [0.1, 0.15) is 46.0 Å². The summed E-state index contributed by atoms with van der Waals surface area (Å²) in [5, 5.41) is 0. The number of hydrogen-bond donors (Lipinski definition) is 0. The second kappa shape index (κ2) is 4.00. The van der Waals surface area contributed by atoms with E-state index in [-0.39, 0.29) is 0 Å². The van der Waals surface area contributed by atoms with Crippen molar-refractivity contribution in [2.24, 2.45) is 11.8 Å². The lowest BCUT2D eigenvalue weighted by Gasteiger charge is -2.26. The molecule has 0 saturated carbocycles. The van der Waals surface area contributed by atoms with Crippen LogP contribution in [-0.4, -0.2) is 24.0 Å². The van der Waals surface area contributed by atoms with Gasteiger partial charge >= 0.3 is 0 Å². The van der Waals surface area contributed by atoms with Gasteiger partial charge in [-0.15, -0.1) is 0 Å². The Labute approximate surface area is 82.5 Å². The van der Waals surface area contributed by atoms with Crippen molar-refractivity contribution in [3.05, 3.63) is 0 Å². The largest absolute Gasteiger partial charge is 0.300 e. The standard InChI is InChI=1S/C12H23N/c1-3-10(4-2)11-7-9-13-8-5-6-12(11)13/h10-12H,3-9H2,1-2H3. The van der Waals surface area contributed by atoms with E-state index in [0.717, 1.165) is 17.9 Å². The van der Waals surface area contributed by atoms with Crippen molar-refractivity contribution in [2.75, 3.05) is 13.1 Å². The summed E-state index contributed by atoms with van der Waals surface area (Å²) in [5.74, 6) is 2.05. The van der Waals surface area contributed by atoms with Gasteiger partial charge in [-0.3, -0.25) is 0 Å². The smallest absolute Gasteiger partial charge is 0.0127 e. The molecule has 2 aliphatic rings. The molecule has 0 spiro atoms. The number of nitrogens with zero attached hydrogens (tertiary/aromatic N) is 1. The van der Waals surface area contributed by atoms with Gasteiger partial charge in [0.2, 0.25) is 0 Å². The molecule has 0 radical (unpaired) electrons. The molecular formula is C12H23N. The fourth-order valence-electron chi connectivity index (χ4n) is 3.57. The lowest BCUT2D eigenvalue weighted by molar-refractivity contribution is 0.228. The van der Waals surface area contributed by atoms with Gasteiger partial charge in [-0.05, 0) is 44.2 Å². The third kappa shape index (κ3) is 1.63. The van der Waals surface area contributed by atoms with Crippen LogP contribution in [0.15, 0.2) is 0 Å². The van der Waals surface area contributed by atoms with Crippen LogP contribution in [0.25, 0.3) is 0 Å². The topological polar surface area (TPSA) is 3.24 Å². The van der Waals surface area contributed by atoms with Crippen LogP contribution in [0.4, 0.5) is 0 Å². The molecule has 1 nitrogen and oxygen atoms in total. The molecule has 0 aromatic heterocycles. The minimum Gasteiger partial charge on any atom is -0.300 e. The molecule has 2 unspecified atom stereocenters. The average molecular weight is 181 g/mol. The van der Waals surface area contributed by atoms with Crippen LogP contribution >= 0.6 is 0 Å². The Morgan fingerprint density at radius 1 is 1.15 bits per heavy atom. The van der Waals surface area contributed by atoms with Crippen molar-refractivity contribution in [2.45, 2.75) is 52.0 Å². The van der Waals surface area contributed by atoms with E-state index in [1.807, 2.05) is 0 Å². The highest BCUT2D eigenvalue weighted by atomic mass is 15.2. The first-order valence-corrected chi connectivity index (χ1v) is 6.10. The van der Waals surface area contributed by atoms with Crippen LogP contribution in [0.3, 0.4) is 0 Å². The van der Waals surface area contributed by atoms with E-state index in [1.54, 1.807) is 0 Å². The first-order chi connectivity index (χ1) is 6.36. The molecule has 2 aliphatic heterocycles. The highest BCUT2D eigenvalue weighted by Crippen LogP contribution is 2.39. The van der Waals surface area contributed by atoms with Gasteiger partial charge < -0.3 is 4.90 Å². The van der Waals surface area contributed by atoms with Crippen molar-refractivity contribution in [3.63, 3.8) is 0 Å². The summed E-state index contributed by atoms with van der Waals surface area (Å²) in [5.41, 5.74) is 0. The van der Waals surface area contributed by atoms with Crippen molar-refractivity contribution in [1.29, 1.82) is 0 Å². The summed E-state index contributed by atoms with van der Waals surface area (Å²) in [6, 6.07) is 0.977. The Morgan fingerprint density at radius 2 is 1.92 bits per heavy atom. The predicted octanol–water partition coefficient (Wildman–Crippen LogP) is 2.91. The second-order valence-corrected chi connectivity index (χ2v) is 4.77. The molecule has 2 fully saturated rings. The SMILES string of the molecule is CCC(CC)C1CCN2CCCC12. The highest BCUT2D eigenvalue weighted by molar-refractivity contribution is 4.93. The molecule has 76 valence electrons. The van der Waals surface area contributed by atoms with Crippen LogP contribution in [-0.2, 0) is 0 Å². The van der Waals surface area contributed by atoms with Gasteiger partial charge in [0, 0.05) is 6.04 Å². The Bertz CT molecular complexity index is 163. The molecule has 0 N–H and O–H groups in total. The van der Waals surface area contributed by atoms with Crippen molar-refractivity contribution in [1.82, 2.24) is 4.90 Å². The Balaban J connectivity index is 1.99. The van der Waals surface area contributed by atoms with E-state index in [2.05, 4.69) is 18.7 Å². The lowest BCUT2D eigenvalue weighted by atomic mass is 9.82. The van der Waals surface area contributed by atoms with E-state index >= 15 is 0 Å². The van der Waals surface area contributed by atoms with Gasteiger partial charge in [0.1, 0.15) is 0 Å². The molecule has 0 bridgehead atoms. The normalized spacial score (nSPS) is 34.4. The van der Waals surface area contributed by atoms with Crippen molar-refractivity contribution < 1.29 is 0 Å². The van der Waals surface area contributed by atoms with Crippen LogP contribution in [0, 0.1) is 11.8 Å². The first-order valence-electron chi connectivity index (χ1n) is 6.10. The number of hydrogen-bond acceptors (Lipinski definition) is 1. The lowest BCUT2D eigenvalue weighted by Crippen LogP contribution is -2.29. The first kappa shape index (κ1) is 9.51. The third-order valence-electron chi connectivity index (χ3n) is 4.31. The summed E-state index contributed by atoms with van der Waals surface area (Å²) in [6.07, 6.45) is 7.22. The van der Waals surface area contributed by atoms with Gasteiger partial charge in [-0.1, -0.05) is 26.7 Å². The average Bonchev–Trinajstić information content (AvgIpc) is 2.70. The third-order valence-corrected chi connectivity index (χ3v) is 4.31. The van der Waals surface area contributed by atoms with Gasteiger partial charge in [-0.25, -0.2) is 0 Å². The molecule has 0 aromatic carbocycles. The minimum absolute atomic E-state index is 0.977. The van der Waals surface area contributed by atoms with E-state index in [9.17, 15) is 0 Å². The van der Waals surface area contributed by atoms with Crippen molar-refractivity contribution >= 4 is 0 Å². The molecule has 0 aliphatic carbocycles. The number of rotatable bonds is 3. The van der Waals surface area contributed by atoms with E-state index in [4.69, 9.17) is 0 Å². The number of fused-ring (bicyclic) bond motifs is 1. The summed E-state index contributed by atoms with van der Waals surface area (Å²) < 4.78 is 0. The van der Waals surface area contributed by atoms with Gasteiger partial charge in [0.05, 0.1) is 0 Å². The molecule has 2 rings (SSSR count). The monoisotopic (exact) mass is 181 g/mol. The van der Waals surface area contributed by atoms with E-state index in [1.165, 1.54) is 45.2 Å². The zero-order valence-electron chi connectivity index (χ0n) is 9.13. The molecule has 0 amide bonds. The van der Waals surface area contributed by atoms with Gasteiger partial charge in [0.15, 0.2) is 0 Å². The van der Waals surface area contributed by atoms with Gasteiger partial charge in [0.25, 0.3) is 0 Å². The molecule has 2 saturated heterocycles. The van der Waals surface area contributed by atoms with Gasteiger partial charge in [-0.2, -0.15) is 0 Å². The molecule has 2 heterocycles. The van der Waals surface area contributed by atoms with E-state index < -0.39 is 0 Å². The highest BCUT2D eigenvalue weighted by Gasteiger charge is 2.39.